The van der Waals surface area contributed by atoms with Gasteiger partial charge in [-0.15, -0.1) is 0 Å². The van der Waals surface area contributed by atoms with Crippen molar-refractivity contribution >= 4 is 11.9 Å². The molecule has 3 fully saturated rings. The van der Waals surface area contributed by atoms with E-state index in [2.05, 4.69) is 26.8 Å². The number of carbonyl (C=O) groups excluding carboxylic acids is 2. The van der Waals surface area contributed by atoms with E-state index in [0.29, 0.717) is 17.8 Å². The van der Waals surface area contributed by atoms with Crippen LogP contribution < -0.4 is 0 Å². The van der Waals surface area contributed by atoms with Crippen LogP contribution in [0.5, 0.6) is 0 Å². The van der Waals surface area contributed by atoms with Crippen molar-refractivity contribution in [2.75, 3.05) is 7.11 Å². The van der Waals surface area contributed by atoms with E-state index in [4.69, 9.17) is 9.47 Å². The highest BCUT2D eigenvalue weighted by atomic mass is 16.5. The van der Waals surface area contributed by atoms with E-state index in [9.17, 15) is 9.59 Å². The molecule has 4 nitrogen and oxygen atoms in total. The molecule has 7 unspecified atom stereocenters. The molecule has 28 heavy (non-hydrogen) atoms. The molecular formula is C24H36O4. The minimum absolute atomic E-state index is 0.0175. The number of hydrogen-bond acceptors (Lipinski definition) is 4. The molecule has 0 bridgehead atoms. The normalized spacial score (nSPS) is 47.2. The Kier molecular flexibility index (Phi) is 4.71. The Hall–Kier alpha value is -1.32. The zero-order valence-corrected chi connectivity index (χ0v) is 18.2. The first-order valence-electron chi connectivity index (χ1n) is 11.1. The fourth-order valence-electron chi connectivity index (χ4n) is 7.79. The number of carbonyl (C=O) groups is 2. The first kappa shape index (κ1) is 20.0. The minimum atomic E-state index is -0.352. The van der Waals surface area contributed by atoms with E-state index >= 15 is 0 Å². The van der Waals surface area contributed by atoms with Gasteiger partial charge in [-0.2, -0.15) is 0 Å². The van der Waals surface area contributed by atoms with Gasteiger partial charge in [0.1, 0.15) is 6.10 Å². The molecule has 3 saturated carbocycles. The summed E-state index contributed by atoms with van der Waals surface area (Å²) in [5.74, 6) is 1.75. The number of esters is 2. The lowest BCUT2D eigenvalue weighted by molar-refractivity contribution is -0.165. The average Bonchev–Trinajstić information content (AvgIpc) is 2.93. The van der Waals surface area contributed by atoms with Gasteiger partial charge in [0.25, 0.3) is 0 Å². The van der Waals surface area contributed by atoms with Crippen LogP contribution >= 0.6 is 0 Å². The van der Waals surface area contributed by atoms with E-state index < -0.39 is 0 Å². The van der Waals surface area contributed by atoms with Gasteiger partial charge in [0, 0.05) is 13.3 Å². The van der Waals surface area contributed by atoms with Gasteiger partial charge in [-0.05, 0) is 80.5 Å². The summed E-state index contributed by atoms with van der Waals surface area (Å²) < 4.78 is 10.8. The van der Waals surface area contributed by atoms with Crippen molar-refractivity contribution in [3.63, 3.8) is 0 Å². The molecule has 156 valence electrons. The zero-order chi connectivity index (χ0) is 20.3. The Morgan fingerprint density at radius 3 is 2.43 bits per heavy atom. The molecule has 0 N–H and O–H groups in total. The van der Waals surface area contributed by atoms with Crippen LogP contribution in [0.3, 0.4) is 0 Å². The van der Waals surface area contributed by atoms with E-state index in [-0.39, 0.29) is 34.3 Å². The predicted octanol–water partition coefficient (Wildman–Crippen LogP) is 5.06. The standard InChI is InChI=1S/C24H36O4/c1-15(25)28-17-8-11-22(2)16(14-17)6-7-18-19(22)9-12-23(3)20(18)10-13-24(23,4)21(26)27-5/h6,17-20H,7-14H2,1-5H3. The number of allylic oxidation sites excluding steroid dienone is 1. The van der Waals surface area contributed by atoms with Crippen LogP contribution in [-0.2, 0) is 19.1 Å². The molecule has 0 radical (unpaired) electrons. The summed E-state index contributed by atoms with van der Waals surface area (Å²) in [6.07, 6.45) is 11.0. The fourth-order valence-corrected chi connectivity index (χ4v) is 7.79. The molecule has 0 aliphatic heterocycles. The summed E-state index contributed by atoms with van der Waals surface area (Å²) in [5, 5.41) is 0. The van der Waals surface area contributed by atoms with Crippen LogP contribution in [0.1, 0.15) is 79.1 Å². The van der Waals surface area contributed by atoms with Crippen molar-refractivity contribution in [1.29, 1.82) is 0 Å². The van der Waals surface area contributed by atoms with Crippen molar-refractivity contribution in [3.8, 4) is 0 Å². The van der Waals surface area contributed by atoms with Gasteiger partial charge in [-0.3, -0.25) is 9.59 Å². The highest BCUT2D eigenvalue weighted by molar-refractivity contribution is 5.78. The molecule has 0 amide bonds. The third-order valence-corrected chi connectivity index (χ3v) is 9.63. The Morgan fingerprint density at radius 2 is 1.75 bits per heavy atom. The van der Waals surface area contributed by atoms with E-state index in [1.54, 1.807) is 0 Å². The molecule has 0 spiro atoms. The summed E-state index contributed by atoms with van der Waals surface area (Å²) in [5.41, 5.74) is 1.43. The lowest BCUT2D eigenvalue weighted by Gasteiger charge is -2.59. The maximum absolute atomic E-state index is 12.7. The molecule has 4 rings (SSSR count). The lowest BCUT2D eigenvalue weighted by atomic mass is 9.46. The summed E-state index contributed by atoms with van der Waals surface area (Å²) >= 11 is 0. The van der Waals surface area contributed by atoms with Gasteiger partial charge in [-0.1, -0.05) is 25.5 Å². The van der Waals surface area contributed by atoms with Crippen molar-refractivity contribution in [3.05, 3.63) is 11.6 Å². The maximum Gasteiger partial charge on any atom is 0.312 e. The molecule has 4 aliphatic rings. The summed E-state index contributed by atoms with van der Waals surface area (Å²) in [6.45, 7) is 8.47. The lowest BCUT2D eigenvalue weighted by Crippen LogP contribution is -2.53. The second-order valence-electron chi connectivity index (χ2n) is 10.6. The Labute approximate surface area is 169 Å². The summed E-state index contributed by atoms with van der Waals surface area (Å²) in [4.78, 5) is 24.1. The highest BCUT2D eigenvalue weighted by Gasteiger charge is 2.65. The Morgan fingerprint density at radius 1 is 1.04 bits per heavy atom. The average molecular weight is 389 g/mol. The highest BCUT2D eigenvalue weighted by Crippen LogP contribution is 2.69. The van der Waals surface area contributed by atoms with Gasteiger partial charge < -0.3 is 9.47 Å². The predicted molar refractivity (Wildman–Crippen MR) is 107 cm³/mol. The molecule has 0 saturated heterocycles. The molecule has 0 aromatic rings. The van der Waals surface area contributed by atoms with Gasteiger partial charge in [0.15, 0.2) is 0 Å². The first-order valence-corrected chi connectivity index (χ1v) is 11.1. The number of fused-ring (bicyclic) bond motifs is 5. The van der Waals surface area contributed by atoms with Crippen LogP contribution in [0.4, 0.5) is 0 Å². The quantitative estimate of drug-likeness (QED) is 0.490. The topological polar surface area (TPSA) is 52.6 Å². The molecule has 0 aromatic heterocycles. The van der Waals surface area contributed by atoms with Crippen LogP contribution in [0.15, 0.2) is 11.6 Å². The Balaban J connectivity index is 1.60. The molecular weight excluding hydrogens is 352 g/mol. The maximum atomic E-state index is 12.7. The Bertz CT molecular complexity index is 711. The summed E-state index contributed by atoms with van der Waals surface area (Å²) in [7, 11) is 1.54. The van der Waals surface area contributed by atoms with Crippen LogP contribution in [0.25, 0.3) is 0 Å². The van der Waals surface area contributed by atoms with E-state index in [1.807, 2.05) is 0 Å². The fraction of sp³-hybridized carbons (Fsp3) is 0.833. The second-order valence-corrected chi connectivity index (χ2v) is 10.6. The molecule has 4 heteroatoms. The second kappa shape index (κ2) is 6.60. The van der Waals surface area contributed by atoms with Gasteiger partial charge in [0.05, 0.1) is 12.5 Å². The molecule has 0 aromatic carbocycles. The SMILES string of the molecule is COC(=O)C1(C)CCC2C3CC=C4CC(OC(C)=O)CCC4(C)C3CCC21C. The monoisotopic (exact) mass is 388 g/mol. The third kappa shape index (κ3) is 2.62. The minimum Gasteiger partial charge on any atom is -0.469 e. The summed E-state index contributed by atoms with van der Waals surface area (Å²) in [6, 6.07) is 0. The number of methoxy groups -OCH3 is 1. The van der Waals surface area contributed by atoms with E-state index in [1.165, 1.54) is 26.0 Å². The number of hydrogen-bond donors (Lipinski definition) is 0. The van der Waals surface area contributed by atoms with Crippen LogP contribution in [-0.4, -0.2) is 25.2 Å². The van der Waals surface area contributed by atoms with Crippen LogP contribution in [0.2, 0.25) is 0 Å². The molecule has 0 heterocycles. The zero-order valence-electron chi connectivity index (χ0n) is 18.2. The third-order valence-electron chi connectivity index (χ3n) is 9.63. The first-order chi connectivity index (χ1) is 13.2. The largest absolute Gasteiger partial charge is 0.469 e. The van der Waals surface area contributed by atoms with Crippen molar-refractivity contribution < 1.29 is 19.1 Å². The van der Waals surface area contributed by atoms with Gasteiger partial charge in [-0.25, -0.2) is 0 Å². The van der Waals surface area contributed by atoms with Crippen LogP contribution in [0, 0.1) is 34.0 Å². The van der Waals surface area contributed by atoms with E-state index in [0.717, 1.165) is 44.9 Å². The molecule has 4 aliphatic carbocycles. The van der Waals surface area contributed by atoms with Gasteiger partial charge in [0.2, 0.25) is 0 Å². The molecule has 7 atom stereocenters. The smallest absolute Gasteiger partial charge is 0.312 e. The van der Waals surface area contributed by atoms with Gasteiger partial charge >= 0.3 is 11.9 Å². The van der Waals surface area contributed by atoms with Crippen molar-refractivity contribution in [2.24, 2.45) is 34.0 Å². The van der Waals surface area contributed by atoms with Crippen molar-refractivity contribution in [1.82, 2.24) is 0 Å². The van der Waals surface area contributed by atoms with Crippen molar-refractivity contribution in [2.45, 2.75) is 85.2 Å². The number of ether oxygens (including phenoxy) is 2. The number of rotatable bonds is 2.